The Morgan fingerprint density at radius 2 is 1.86 bits per heavy atom. The van der Waals surface area contributed by atoms with E-state index in [9.17, 15) is 9.59 Å². The molecule has 0 spiro atoms. The number of nitrogens with zero attached hydrogens (tertiary/aromatic N) is 1. The lowest BCUT2D eigenvalue weighted by Gasteiger charge is -2.30. The van der Waals surface area contributed by atoms with Crippen LogP contribution in [0.15, 0.2) is 0 Å². The number of rotatable bonds is 3. The number of hydrogen-bond acceptors (Lipinski definition) is 5. The van der Waals surface area contributed by atoms with Gasteiger partial charge in [0.1, 0.15) is 11.6 Å². The average Bonchev–Trinajstić information content (AvgIpc) is 2.75. The van der Waals surface area contributed by atoms with E-state index in [2.05, 4.69) is 5.32 Å². The first-order chi connectivity index (χ1) is 9.80. The Kier molecular flexibility index (Phi) is 4.76. The Hall–Kier alpha value is -1.30. The predicted octanol–water partition coefficient (Wildman–Crippen LogP) is 1.68. The highest BCUT2D eigenvalue weighted by Gasteiger charge is 2.42. The number of esters is 1. The third kappa shape index (κ3) is 4.09. The van der Waals surface area contributed by atoms with Crippen molar-refractivity contribution in [3.63, 3.8) is 0 Å². The summed E-state index contributed by atoms with van der Waals surface area (Å²) in [5.74, 6) is -0.376. The number of nitrogens with one attached hydrogen (secondary N) is 1. The van der Waals surface area contributed by atoms with Crippen molar-refractivity contribution < 1.29 is 19.1 Å². The topological polar surface area (TPSA) is 67.9 Å². The van der Waals surface area contributed by atoms with Crippen molar-refractivity contribution >= 4 is 12.1 Å². The first kappa shape index (κ1) is 16.1. The quantitative estimate of drug-likeness (QED) is 0.803. The molecule has 2 fully saturated rings. The van der Waals surface area contributed by atoms with Gasteiger partial charge in [0.05, 0.1) is 7.11 Å². The molecule has 2 aliphatic rings. The molecular formula is C15H26N2O4. The van der Waals surface area contributed by atoms with Crippen molar-refractivity contribution in [3.8, 4) is 0 Å². The molecule has 1 heterocycles. The van der Waals surface area contributed by atoms with E-state index in [0.717, 1.165) is 0 Å². The summed E-state index contributed by atoms with van der Waals surface area (Å²) >= 11 is 0. The maximum absolute atomic E-state index is 12.3. The van der Waals surface area contributed by atoms with E-state index in [4.69, 9.17) is 9.47 Å². The molecule has 1 aliphatic heterocycles. The van der Waals surface area contributed by atoms with Crippen molar-refractivity contribution in [1.29, 1.82) is 0 Å². The van der Waals surface area contributed by atoms with Gasteiger partial charge in [-0.3, -0.25) is 4.90 Å². The predicted molar refractivity (Wildman–Crippen MR) is 77.9 cm³/mol. The van der Waals surface area contributed by atoms with Gasteiger partial charge in [-0.15, -0.1) is 0 Å². The number of carbonyl (C=O) groups excluding carboxylic acids is 2. The molecule has 21 heavy (non-hydrogen) atoms. The van der Waals surface area contributed by atoms with Crippen LogP contribution in [-0.2, 0) is 14.3 Å². The van der Waals surface area contributed by atoms with Crippen LogP contribution < -0.4 is 5.32 Å². The van der Waals surface area contributed by atoms with E-state index < -0.39 is 17.7 Å². The molecule has 6 nitrogen and oxygen atoms in total. The van der Waals surface area contributed by atoms with Gasteiger partial charge in [0.25, 0.3) is 0 Å². The molecule has 0 bridgehead atoms. The smallest absolute Gasteiger partial charge is 0.411 e. The Morgan fingerprint density at radius 3 is 2.33 bits per heavy atom. The molecule has 2 atom stereocenters. The summed E-state index contributed by atoms with van der Waals surface area (Å²) in [6.45, 7) is 5.94. The van der Waals surface area contributed by atoms with Crippen LogP contribution in [0.3, 0.4) is 0 Å². The first-order valence-corrected chi connectivity index (χ1v) is 7.63. The van der Waals surface area contributed by atoms with E-state index in [0.29, 0.717) is 19.0 Å². The minimum Gasteiger partial charge on any atom is -0.467 e. The van der Waals surface area contributed by atoms with Crippen LogP contribution in [0.5, 0.6) is 0 Å². The zero-order valence-corrected chi connectivity index (χ0v) is 13.3. The average molecular weight is 298 g/mol. The van der Waals surface area contributed by atoms with E-state index in [-0.39, 0.29) is 12.0 Å². The van der Waals surface area contributed by atoms with E-state index >= 15 is 0 Å². The molecule has 1 unspecified atom stereocenters. The standard InChI is InChI=1S/C15H26N2O4/c1-15(2,3)21-14(19)17-9-11(16-10-6-5-7-10)8-12(17)13(18)20-4/h10-12,16H,5-9H2,1-4H3/t11-,12?/m1/s1. The molecule has 120 valence electrons. The fourth-order valence-corrected chi connectivity index (χ4v) is 2.75. The van der Waals surface area contributed by atoms with Gasteiger partial charge < -0.3 is 14.8 Å². The molecule has 1 aliphatic carbocycles. The number of carbonyl (C=O) groups is 2. The highest BCUT2D eigenvalue weighted by Crippen LogP contribution is 2.25. The molecule has 1 saturated carbocycles. The number of methoxy groups -OCH3 is 1. The fraction of sp³-hybridized carbons (Fsp3) is 0.867. The van der Waals surface area contributed by atoms with Crippen LogP contribution in [0.4, 0.5) is 4.79 Å². The van der Waals surface area contributed by atoms with Gasteiger partial charge in [0, 0.05) is 18.6 Å². The van der Waals surface area contributed by atoms with Crippen molar-refractivity contribution in [2.45, 2.75) is 70.2 Å². The summed E-state index contributed by atoms with van der Waals surface area (Å²) in [6.07, 6.45) is 3.73. The van der Waals surface area contributed by atoms with Gasteiger partial charge in [-0.1, -0.05) is 6.42 Å². The molecule has 2 rings (SSSR count). The minimum absolute atomic E-state index is 0.131. The zero-order chi connectivity index (χ0) is 15.6. The molecule has 6 heteroatoms. The van der Waals surface area contributed by atoms with Crippen LogP contribution in [0.1, 0.15) is 46.5 Å². The molecule has 0 aromatic heterocycles. The van der Waals surface area contributed by atoms with Crippen molar-refractivity contribution in [1.82, 2.24) is 10.2 Å². The minimum atomic E-state index is -0.572. The monoisotopic (exact) mass is 298 g/mol. The number of likely N-dealkylation sites (tertiary alicyclic amines) is 1. The van der Waals surface area contributed by atoms with Gasteiger partial charge >= 0.3 is 12.1 Å². The summed E-state index contributed by atoms with van der Waals surface area (Å²) in [6, 6.07) is 0.0984. The van der Waals surface area contributed by atoms with Crippen LogP contribution in [0, 0.1) is 0 Å². The largest absolute Gasteiger partial charge is 0.467 e. The summed E-state index contributed by atoms with van der Waals surface area (Å²) in [5, 5.41) is 3.51. The van der Waals surface area contributed by atoms with Crippen molar-refractivity contribution in [2.24, 2.45) is 0 Å². The summed E-state index contributed by atoms with van der Waals surface area (Å²) in [7, 11) is 1.35. The molecule has 1 saturated heterocycles. The summed E-state index contributed by atoms with van der Waals surface area (Å²) in [5.41, 5.74) is -0.572. The molecule has 0 aromatic carbocycles. The lowest BCUT2D eigenvalue weighted by Crippen LogP contribution is -2.45. The highest BCUT2D eigenvalue weighted by molar-refractivity contribution is 5.82. The normalized spacial score (nSPS) is 26.4. The lowest BCUT2D eigenvalue weighted by atomic mass is 9.92. The number of hydrogen-bond donors (Lipinski definition) is 1. The zero-order valence-electron chi connectivity index (χ0n) is 13.3. The van der Waals surface area contributed by atoms with E-state index in [1.807, 2.05) is 20.8 Å². The highest BCUT2D eigenvalue weighted by atomic mass is 16.6. The molecule has 0 aromatic rings. The lowest BCUT2D eigenvalue weighted by molar-refractivity contribution is -0.145. The van der Waals surface area contributed by atoms with Gasteiger partial charge in [-0.05, 0) is 40.0 Å². The Balaban J connectivity index is 2.00. The Labute approximate surface area is 126 Å². The maximum atomic E-state index is 12.3. The Bertz CT molecular complexity index is 401. The van der Waals surface area contributed by atoms with Crippen LogP contribution in [0.25, 0.3) is 0 Å². The third-order valence-electron chi connectivity index (χ3n) is 3.98. The SMILES string of the molecule is COC(=O)C1C[C@@H](NC2CCC2)CN1C(=O)OC(C)(C)C. The van der Waals surface area contributed by atoms with Crippen LogP contribution >= 0.6 is 0 Å². The molecule has 1 N–H and O–H groups in total. The summed E-state index contributed by atoms with van der Waals surface area (Å²) in [4.78, 5) is 25.7. The van der Waals surface area contributed by atoms with Gasteiger partial charge in [0.15, 0.2) is 0 Å². The fourth-order valence-electron chi connectivity index (χ4n) is 2.75. The van der Waals surface area contributed by atoms with Crippen LogP contribution in [0.2, 0.25) is 0 Å². The summed E-state index contributed by atoms with van der Waals surface area (Å²) < 4.78 is 10.2. The number of amides is 1. The van der Waals surface area contributed by atoms with Gasteiger partial charge in [-0.2, -0.15) is 0 Å². The van der Waals surface area contributed by atoms with Crippen LogP contribution in [-0.4, -0.2) is 54.3 Å². The van der Waals surface area contributed by atoms with Crippen molar-refractivity contribution in [2.75, 3.05) is 13.7 Å². The molecular weight excluding hydrogens is 272 g/mol. The van der Waals surface area contributed by atoms with Gasteiger partial charge in [-0.25, -0.2) is 9.59 Å². The third-order valence-corrected chi connectivity index (χ3v) is 3.98. The second-order valence-electron chi connectivity index (χ2n) is 6.90. The maximum Gasteiger partial charge on any atom is 0.411 e. The van der Waals surface area contributed by atoms with E-state index in [1.54, 1.807) is 0 Å². The number of ether oxygens (including phenoxy) is 2. The van der Waals surface area contributed by atoms with E-state index in [1.165, 1.54) is 31.3 Å². The second-order valence-corrected chi connectivity index (χ2v) is 6.90. The van der Waals surface area contributed by atoms with Gasteiger partial charge in [0.2, 0.25) is 0 Å². The Morgan fingerprint density at radius 1 is 1.19 bits per heavy atom. The van der Waals surface area contributed by atoms with Crippen molar-refractivity contribution in [3.05, 3.63) is 0 Å². The molecule has 0 radical (unpaired) electrons. The second kappa shape index (κ2) is 6.22. The first-order valence-electron chi connectivity index (χ1n) is 7.63. The molecule has 1 amide bonds.